The maximum absolute atomic E-state index is 12.3. The highest BCUT2D eigenvalue weighted by atomic mass is 35.5. The number of benzene rings is 1. The summed E-state index contributed by atoms with van der Waals surface area (Å²) in [6, 6.07) is 5.17. The molecular formula is C18H20Cl2N2O4. The Morgan fingerprint density at radius 1 is 1.27 bits per heavy atom. The Bertz CT molecular complexity index is 728. The van der Waals surface area contributed by atoms with Crippen LogP contribution < -0.4 is 5.73 Å². The molecule has 0 aromatic heterocycles. The van der Waals surface area contributed by atoms with Gasteiger partial charge in [0.05, 0.1) is 16.0 Å². The van der Waals surface area contributed by atoms with E-state index in [2.05, 4.69) is 0 Å². The monoisotopic (exact) mass is 398 g/mol. The molecule has 0 saturated carbocycles. The van der Waals surface area contributed by atoms with E-state index in [1.165, 1.54) is 6.08 Å². The molecule has 1 heterocycles. The van der Waals surface area contributed by atoms with Crippen molar-refractivity contribution in [1.82, 2.24) is 4.90 Å². The summed E-state index contributed by atoms with van der Waals surface area (Å²) in [5.41, 5.74) is 5.78. The van der Waals surface area contributed by atoms with Gasteiger partial charge in [-0.2, -0.15) is 0 Å². The van der Waals surface area contributed by atoms with Gasteiger partial charge in [-0.3, -0.25) is 14.4 Å². The lowest BCUT2D eigenvalue weighted by molar-refractivity contribution is -0.146. The number of rotatable bonds is 6. The van der Waals surface area contributed by atoms with E-state index < -0.39 is 17.8 Å². The van der Waals surface area contributed by atoms with Gasteiger partial charge in [0, 0.05) is 25.6 Å². The molecule has 0 radical (unpaired) electrons. The fraction of sp³-hybridized carbons (Fsp3) is 0.389. The van der Waals surface area contributed by atoms with Crippen molar-refractivity contribution < 1.29 is 19.5 Å². The summed E-state index contributed by atoms with van der Waals surface area (Å²) in [5.74, 6) is -2.80. The first-order valence-corrected chi connectivity index (χ1v) is 8.97. The Morgan fingerprint density at radius 3 is 2.50 bits per heavy atom. The Balaban J connectivity index is 1.95. The molecule has 2 rings (SSSR count). The molecule has 140 valence electrons. The van der Waals surface area contributed by atoms with Crippen molar-refractivity contribution in [1.29, 1.82) is 0 Å². The molecule has 3 N–H and O–H groups in total. The molecule has 1 saturated heterocycles. The average Bonchev–Trinajstić information content (AvgIpc) is 2.60. The second-order valence-electron chi connectivity index (χ2n) is 6.25. The van der Waals surface area contributed by atoms with Gasteiger partial charge in [0.2, 0.25) is 11.8 Å². The van der Waals surface area contributed by atoms with E-state index in [9.17, 15) is 19.5 Å². The van der Waals surface area contributed by atoms with Crippen LogP contribution in [0.25, 0.3) is 6.08 Å². The van der Waals surface area contributed by atoms with E-state index in [0.29, 0.717) is 41.5 Å². The summed E-state index contributed by atoms with van der Waals surface area (Å²) in [4.78, 5) is 36.4. The van der Waals surface area contributed by atoms with Crippen LogP contribution in [0.2, 0.25) is 10.0 Å². The van der Waals surface area contributed by atoms with Crippen LogP contribution in [-0.4, -0.2) is 40.9 Å². The number of carboxylic acid groups (broad SMARTS) is 1. The van der Waals surface area contributed by atoms with Crippen molar-refractivity contribution in [2.75, 3.05) is 13.1 Å². The SMILES string of the molecule is NC(=O)CC(C(=O)O)C1CCN(C(=O)/C=C/c2cccc(Cl)c2Cl)CC1. The highest BCUT2D eigenvalue weighted by Gasteiger charge is 2.33. The number of nitrogens with two attached hydrogens (primary N) is 1. The second-order valence-corrected chi connectivity index (χ2v) is 7.04. The molecule has 1 unspecified atom stereocenters. The average molecular weight is 399 g/mol. The number of aliphatic carboxylic acids is 1. The molecule has 1 aromatic rings. The maximum Gasteiger partial charge on any atom is 0.307 e. The number of amides is 2. The quantitative estimate of drug-likeness (QED) is 0.719. The van der Waals surface area contributed by atoms with Crippen LogP contribution in [0.5, 0.6) is 0 Å². The molecule has 0 bridgehead atoms. The summed E-state index contributed by atoms with van der Waals surface area (Å²) in [7, 11) is 0. The van der Waals surface area contributed by atoms with Gasteiger partial charge in [0.1, 0.15) is 0 Å². The molecule has 2 amide bonds. The van der Waals surface area contributed by atoms with Gasteiger partial charge < -0.3 is 15.7 Å². The topological polar surface area (TPSA) is 101 Å². The third-order valence-electron chi connectivity index (χ3n) is 4.55. The molecule has 6 nitrogen and oxygen atoms in total. The summed E-state index contributed by atoms with van der Waals surface area (Å²) in [6.45, 7) is 0.860. The zero-order valence-electron chi connectivity index (χ0n) is 14.0. The van der Waals surface area contributed by atoms with Crippen LogP contribution in [-0.2, 0) is 14.4 Å². The van der Waals surface area contributed by atoms with Crippen LogP contribution in [0, 0.1) is 11.8 Å². The Kier molecular flexibility index (Phi) is 7.06. The highest BCUT2D eigenvalue weighted by Crippen LogP contribution is 2.29. The van der Waals surface area contributed by atoms with Crippen LogP contribution in [0.4, 0.5) is 0 Å². The Hall–Kier alpha value is -2.05. The Morgan fingerprint density at radius 2 is 1.92 bits per heavy atom. The third-order valence-corrected chi connectivity index (χ3v) is 5.38. The van der Waals surface area contributed by atoms with E-state index in [-0.39, 0.29) is 18.2 Å². The molecule has 0 spiro atoms. The fourth-order valence-corrected chi connectivity index (χ4v) is 3.48. The number of primary amides is 1. The lowest BCUT2D eigenvalue weighted by atomic mass is 9.82. The number of halogens is 2. The second kappa shape index (κ2) is 9.05. The van der Waals surface area contributed by atoms with Crippen LogP contribution >= 0.6 is 23.2 Å². The normalized spacial score (nSPS) is 16.6. The van der Waals surface area contributed by atoms with Gasteiger partial charge in [-0.25, -0.2) is 0 Å². The molecule has 0 aliphatic carbocycles. The lowest BCUT2D eigenvalue weighted by Gasteiger charge is -2.33. The number of carbonyl (C=O) groups is 3. The number of piperidine rings is 1. The fourth-order valence-electron chi connectivity index (χ4n) is 3.11. The zero-order chi connectivity index (χ0) is 19.3. The van der Waals surface area contributed by atoms with Crippen molar-refractivity contribution in [3.63, 3.8) is 0 Å². The summed E-state index contributed by atoms with van der Waals surface area (Å²) in [5, 5.41) is 10.1. The summed E-state index contributed by atoms with van der Waals surface area (Å²) >= 11 is 12.0. The van der Waals surface area contributed by atoms with Gasteiger partial charge in [-0.15, -0.1) is 0 Å². The molecule has 8 heteroatoms. The number of hydrogen-bond acceptors (Lipinski definition) is 3. The molecular weight excluding hydrogens is 379 g/mol. The summed E-state index contributed by atoms with van der Waals surface area (Å²) < 4.78 is 0. The van der Waals surface area contributed by atoms with Gasteiger partial charge in [0.15, 0.2) is 0 Å². The van der Waals surface area contributed by atoms with E-state index in [1.807, 2.05) is 0 Å². The first-order valence-electron chi connectivity index (χ1n) is 8.21. The molecule has 26 heavy (non-hydrogen) atoms. The largest absolute Gasteiger partial charge is 0.481 e. The van der Waals surface area contributed by atoms with Gasteiger partial charge in [-0.05, 0) is 36.5 Å². The van der Waals surface area contributed by atoms with E-state index in [4.69, 9.17) is 28.9 Å². The predicted molar refractivity (Wildman–Crippen MR) is 99.7 cm³/mol. The number of likely N-dealkylation sites (tertiary alicyclic amines) is 1. The minimum Gasteiger partial charge on any atom is -0.481 e. The lowest BCUT2D eigenvalue weighted by Crippen LogP contribution is -2.41. The van der Waals surface area contributed by atoms with Crippen LogP contribution in [0.15, 0.2) is 24.3 Å². The van der Waals surface area contributed by atoms with Gasteiger partial charge in [0.25, 0.3) is 0 Å². The van der Waals surface area contributed by atoms with Crippen molar-refractivity contribution in [2.24, 2.45) is 17.6 Å². The minimum absolute atomic E-state index is 0.171. The van der Waals surface area contributed by atoms with E-state index >= 15 is 0 Å². The van der Waals surface area contributed by atoms with Crippen LogP contribution in [0.1, 0.15) is 24.8 Å². The maximum atomic E-state index is 12.3. The summed E-state index contributed by atoms with van der Waals surface area (Å²) in [6.07, 6.45) is 3.89. The van der Waals surface area contributed by atoms with E-state index in [1.54, 1.807) is 29.2 Å². The molecule has 1 fully saturated rings. The van der Waals surface area contributed by atoms with Crippen molar-refractivity contribution >= 4 is 47.1 Å². The number of hydrogen-bond donors (Lipinski definition) is 2. The predicted octanol–water partition coefficient (Wildman–Crippen LogP) is 2.82. The van der Waals surface area contributed by atoms with Gasteiger partial charge in [-0.1, -0.05) is 35.3 Å². The number of nitrogens with zero attached hydrogens (tertiary/aromatic N) is 1. The van der Waals surface area contributed by atoms with Crippen LogP contribution in [0.3, 0.4) is 0 Å². The van der Waals surface area contributed by atoms with E-state index in [0.717, 1.165) is 0 Å². The minimum atomic E-state index is -1.02. The first-order chi connectivity index (χ1) is 12.3. The zero-order valence-corrected chi connectivity index (χ0v) is 15.5. The molecule has 1 atom stereocenters. The van der Waals surface area contributed by atoms with Crippen molar-refractivity contribution in [3.05, 3.63) is 39.9 Å². The number of carbonyl (C=O) groups excluding carboxylic acids is 2. The molecule has 1 aliphatic rings. The first kappa shape index (κ1) is 20.3. The standard InChI is InChI=1S/C18H20Cl2N2O4/c19-14-3-1-2-12(17(14)20)4-5-16(24)22-8-6-11(7-9-22)13(18(25)26)10-15(21)23/h1-5,11,13H,6-10H2,(H2,21,23)(H,25,26)/b5-4+. The smallest absolute Gasteiger partial charge is 0.307 e. The number of carboxylic acids is 1. The van der Waals surface area contributed by atoms with Crippen molar-refractivity contribution in [3.8, 4) is 0 Å². The van der Waals surface area contributed by atoms with Crippen molar-refractivity contribution in [2.45, 2.75) is 19.3 Å². The molecule has 1 aromatic carbocycles. The van der Waals surface area contributed by atoms with Gasteiger partial charge >= 0.3 is 5.97 Å². The Labute approximate surface area is 161 Å². The third kappa shape index (κ3) is 5.22. The molecule has 1 aliphatic heterocycles. The highest BCUT2D eigenvalue weighted by molar-refractivity contribution is 6.42.